The third kappa shape index (κ3) is 34.3. The molecule has 5 nitrogen and oxygen atoms in total. The van der Waals surface area contributed by atoms with Crippen LogP contribution in [0.2, 0.25) is 0 Å². The van der Waals surface area contributed by atoms with E-state index in [1.807, 2.05) is 0 Å². The van der Waals surface area contributed by atoms with Crippen LogP contribution in [0.15, 0.2) is 60.8 Å². The summed E-state index contributed by atoms with van der Waals surface area (Å²) in [7, 11) is 0. The second-order valence-electron chi connectivity index (χ2n) is 11.9. The van der Waals surface area contributed by atoms with Crippen molar-refractivity contribution < 1.29 is 24.2 Å². The van der Waals surface area contributed by atoms with Gasteiger partial charge in [0.1, 0.15) is 6.61 Å². The molecule has 0 saturated carbocycles. The molecule has 0 radical (unpaired) electrons. The normalized spacial score (nSPS) is 12.9. The lowest BCUT2D eigenvalue weighted by atomic mass is 10.1. The van der Waals surface area contributed by atoms with Crippen molar-refractivity contribution in [3.63, 3.8) is 0 Å². The van der Waals surface area contributed by atoms with Crippen molar-refractivity contribution in [1.29, 1.82) is 0 Å². The molecule has 0 saturated heterocycles. The molecule has 0 spiro atoms. The van der Waals surface area contributed by atoms with Gasteiger partial charge in [-0.1, -0.05) is 132 Å². The standard InChI is InChI=1S/C40H68O5/c1-3-5-7-9-11-13-15-17-18-19-20-21-22-23-25-27-29-31-33-35-40(43)45-38(36-41)37-44-39(42)34-32-30-28-26-24-16-14-12-10-8-6-4-2/h5,7,11-14,17-18,20-21,38,41H,3-4,6,8-10,15-16,19,22-37H2,1-2H3/b7-5-,13-11-,14-12-,18-17-,21-20-. The molecule has 258 valence electrons. The second-order valence-corrected chi connectivity index (χ2v) is 11.9. The van der Waals surface area contributed by atoms with Crippen LogP contribution < -0.4 is 0 Å². The van der Waals surface area contributed by atoms with E-state index in [9.17, 15) is 14.7 Å². The lowest BCUT2D eigenvalue weighted by molar-refractivity contribution is -0.161. The summed E-state index contributed by atoms with van der Waals surface area (Å²) in [5, 5.41) is 9.53. The Bertz CT molecular complexity index is 808. The quantitative estimate of drug-likeness (QED) is 0.0456. The second kappa shape index (κ2) is 36.1. The van der Waals surface area contributed by atoms with Crippen molar-refractivity contribution >= 4 is 11.9 Å². The van der Waals surface area contributed by atoms with Gasteiger partial charge in [0.05, 0.1) is 6.61 Å². The summed E-state index contributed by atoms with van der Waals surface area (Å²) in [4.78, 5) is 24.2. The van der Waals surface area contributed by atoms with Crippen molar-refractivity contribution in [1.82, 2.24) is 0 Å². The zero-order valence-electron chi connectivity index (χ0n) is 29.1. The molecule has 0 aliphatic rings. The number of hydrogen-bond donors (Lipinski definition) is 1. The highest BCUT2D eigenvalue weighted by molar-refractivity contribution is 5.70. The Morgan fingerprint density at radius 2 is 0.956 bits per heavy atom. The summed E-state index contributed by atoms with van der Waals surface area (Å²) < 4.78 is 10.6. The molecule has 1 N–H and O–H groups in total. The Hall–Kier alpha value is -2.40. The maximum atomic E-state index is 12.1. The first-order chi connectivity index (χ1) is 22.1. The van der Waals surface area contributed by atoms with E-state index in [1.54, 1.807) is 0 Å². The van der Waals surface area contributed by atoms with Crippen LogP contribution in [0.25, 0.3) is 0 Å². The van der Waals surface area contributed by atoms with Crippen molar-refractivity contribution in [2.24, 2.45) is 0 Å². The molecule has 5 heteroatoms. The van der Waals surface area contributed by atoms with Crippen LogP contribution in [0, 0.1) is 0 Å². The van der Waals surface area contributed by atoms with Gasteiger partial charge in [-0.2, -0.15) is 0 Å². The molecule has 0 heterocycles. The van der Waals surface area contributed by atoms with Gasteiger partial charge in [-0.3, -0.25) is 9.59 Å². The maximum Gasteiger partial charge on any atom is 0.306 e. The number of ether oxygens (including phenoxy) is 2. The minimum Gasteiger partial charge on any atom is -0.462 e. The lowest BCUT2D eigenvalue weighted by Crippen LogP contribution is -2.28. The Morgan fingerprint density at radius 3 is 1.47 bits per heavy atom. The van der Waals surface area contributed by atoms with Crippen molar-refractivity contribution in [2.45, 2.75) is 168 Å². The van der Waals surface area contributed by atoms with Crippen molar-refractivity contribution in [3.8, 4) is 0 Å². The van der Waals surface area contributed by atoms with E-state index >= 15 is 0 Å². The number of allylic oxidation sites excluding steroid dienone is 10. The minimum atomic E-state index is -0.783. The van der Waals surface area contributed by atoms with Gasteiger partial charge in [0.15, 0.2) is 6.10 Å². The fraction of sp³-hybridized carbons (Fsp3) is 0.700. The average molecular weight is 629 g/mol. The van der Waals surface area contributed by atoms with Crippen molar-refractivity contribution in [3.05, 3.63) is 60.8 Å². The van der Waals surface area contributed by atoms with Crippen molar-refractivity contribution in [2.75, 3.05) is 13.2 Å². The van der Waals surface area contributed by atoms with E-state index < -0.39 is 6.10 Å². The van der Waals surface area contributed by atoms with E-state index in [0.29, 0.717) is 12.8 Å². The molecule has 1 unspecified atom stereocenters. The first-order valence-electron chi connectivity index (χ1n) is 18.3. The average Bonchev–Trinajstić information content (AvgIpc) is 3.04. The third-order valence-corrected chi connectivity index (χ3v) is 7.55. The predicted octanol–water partition coefficient (Wildman–Crippen LogP) is 11.2. The number of esters is 2. The molecule has 1 atom stereocenters. The number of carbonyl (C=O) groups excluding carboxylic acids is 2. The first kappa shape index (κ1) is 42.6. The summed E-state index contributed by atoms with van der Waals surface area (Å²) in [6, 6.07) is 0. The zero-order chi connectivity index (χ0) is 32.9. The van der Waals surface area contributed by atoms with Crippen LogP contribution in [-0.2, 0) is 19.1 Å². The highest BCUT2D eigenvalue weighted by Gasteiger charge is 2.16. The van der Waals surface area contributed by atoms with E-state index in [4.69, 9.17) is 9.47 Å². The lowest BCUT2D eigenvalue weighted by Gasteiger charge is -2.15. The highest BCUT2D eigenvalue weighted by Crippen LogP contribution is 2.12. The van der Waals surface area contributed by atoms with Gasteiger partial charge < -0.3 is 14.6 Å². The monoisotopic (exact) mass is 629 g/mol. The molecule has 0 aromatic carbocycles. The Morgan fingerprint density at radius 1 is 0.533 bits per heavy atom. The van der Waals surface area contributed by atoms with E-state index in [0.717, 1.165) is 77.0 Å². The maximum absolute atomic E-state index is 12.1. The Labute approximate surface area is 277 Å². The number of hydrogen-bond acceptors (Lipinski definition) is 5. The van der Waals surface area contributed by atoms with Gasteiger partial charge in [-0.25, -0.2) is 0 Å². The molecule has 0 rings (SSSR count). The molecule has 0 aromatic rings. The topological polar surface area (TPSA) is 72.8 Å². The molecule has 0 aliphatic heterocycles. The summed E-state index contributed by atoms with van der Waals surface area (Å²) in [6.07, 6.45) is 45.6. The SMILES string of the molecule is CC/C=C\C/C=C\C/C=C\C/C=C\CCCCCCCCC(=O)OC(CO)COC(=O)CCCCCCC/C=C\CCCCC. The summed E-state index contributed by atoms with van der Waals surface area (Å²) >= 11 is 0. The van der Waals surface area contributed by atoms with E-state index in [2.05, 4.69) is 74.6 Å². The summed E-state index contributed by atoms with van der Waals surface area (Å²) in [5.74, 6) is -0.623. The first-order valence-corrected chi connectivity index (χ1v) is 18.3. The van der Waals surface area contributed by atoms with Gasteiger partial charge in [0.2, 0.25) is 0 Å². The van der Waals surface area contributed by atoms with Crippen LogP contribution in [0.1, 0.15) is 162 Å². The summed E-state index contributed by atoms with van der Waals surface area (Å²) in [6.45, 7) is 3.96. The van der Waals surface area contributed by atoms with Gasteiger partial charge in [-0.05, 0) is 77.0 Å². The molecular formula is C40H68O5. The van der Waals surface area contributed by atoms with E-state index in [-0.39, 0.29) is 25.2 Å². The van der Waals surface area contributed by atoms with Crippen LogP contribution >= 0.6 is 0 Å². The molecule has 0 amide bonds. The fourth-order valence-corrected chi connectivity index (χ4v) is 4.77. The minimum absolute atomic E-state index is 0.0784. The largest absolute Gasteiger partial charge is 0.462 e. The number of rotatable bonds is 32. The summed E-state index contributed by atoms with van der Waals surface area (Å²) in [5.41, 5.74) is 0. The Balaban J connectivity index is 3.63. The number of aliphatic hydroxyl groups excluding tert-OH is 1. The smallest absolute Gasteiger partial charge is 0.306 e. The van der Waals surface area contributed by atoms with Crippen LogP contribution in [0.5, 0.6) is 0 Å². The Kier molecular flexibility index (Phi) is 34.1. The highest BCUT2D eigenvalue weighted by atomic mass is 16.6. The fourth-order valence-electron chi connectivity index (χ4n) is 4.77. The van der Waals surface area contributed by atoms with E-state index in [1.165, 1.54) is 57.8 Å². The van der Waals surface area contributed by atoms with Gasteiger partial charge >= 0.3 is 11.9 Å². The van der Waals surface area contributed by atoms with Crippen LogP contribution in [0.4, 0.5) is 0 Å². The molecule has 0 aromatic heterocycles. The van der Waals surface area contributed by atoms with Gasteiger partial charge in [-0.15, -0.1) is 0 Å². The number of aliphatic hydroxyl groups is 1. The van der Waals surface area contributed by atoms with Crippen LogP contribution in [-0.4, -0.2) is 36.4 Å². The molecule has 0 bridgehead atoms. The van der Waals surface area contributed by atoms with Gasteiger partial charge in [0.25, 0.3) is 0 Å². The zero-order valence-corrected chi connectivity index (χ0v) is 29.1. The molecule has 0 fully saturated rings. The van der Waals surface area contributed by atoms with Crippen LogP contribution in [0.3, 0.4) is 0 Å². The molecule has 45 heavy (non-hydrogen) atoms. The van der Waals surface area contributed by atoms with Gasteiger partial charge in [0, 0.05) is 12.8 Å². The molecule has 0 aliphatic carbocycles. The number of unbranched alkanes of at least 4 members (excludes halogenated alkanes) is 14. The predicted molar refractivity (Wildman–Crippen MR) is 191 cm³/mol. The molecular weight excluding hydrogens is 560 g/mol. The third-order valence-electron chi connectivity index (χ3n) is 7.55. The number of carbonyl (C=O) groups is 2.